The molecule has 0 bridgehead atoms. The highest BCUT2D eigenvalue weighted by molar-refractivity contribution is 7.92. The van der Waals surface area contributed by atoms with Crippen molar-refractivity contribution in [1.29, 1.82) is 0 Å². The maximum Gasteiger partial charge on any atom is 0.261 e. The number of anilines is 2. The van der Waals surface area contributed by atoms with Crippen LogP contribution in [0.4, 0.5) is 15.9 Å². The summed E-state index contributed by atoms with van der Waals surface area (Å²) >= 11 is 0. The van der Waals surface area contributed by atoms with Gasteiger partial charge in [0.25, 0.3) is 15.9 Å². The van der Waals surface area contributed by atoms with Crippen LogP contribution in [0.15, 0.2) is 77.8 Å². The predicted molar refractivity (Wildman–Crippen MR) is 116 cm³/mol. The summed E-state index contributed by atoms with van der Waals surface area (Å²) < 4.78 is 41.0. The number of hydrogen-bond donors (Lipinski definition) is 1. The number of para-hydroxylation sites is 1. The van der Waals surface area contributed by atoms with Gasteiger partial charge in [-0.3, -0.25) is 9.52 Å². The van der Waals surface area contributed by atoms with E-state index in [0.29, 0.717) is 26.2 Å². The first-order chi connectivity index (χ1) is 14.9. The minimum absolute atomic E-state index is 0.0832. The lowest BCUT2D eigenvalue weighted by atomic mass is 10.1. The Morgan fingerprint density at radius 1 is 0.903 bits per heavy atom. The molecule has 1 aliphatic rings. The van der Waals surface area contributed by atoms with E-state index in [0.717, 1.165) is 18.0 Å². The Labute approximate surface area is 180 Å². The van der Waals surface area contributed by atoms with Gasteiger partial charge in [0.15, 0.2) is 0 Å². The highest BCUT2D eigenvalue weighted by Gasteiger charge is 2.25. The molecule has 1 fully saturated rings. The molecule has 1 saturated heterocycles. The van der Waals surface area contributed by atoms with Crippen LogP contribution in [0.5, 0.6) is 0 Å². The molecule has 9 heteroatoms. The van der Waals surface area contributed by atoms with Crippen LogP contribution in [0.3, 0.4) is 0 Å². The number of sulfonamides is 1. The Kier molecular flexibility index (Phi) is 5.85. The molecule has 7 nitrogen and oxygen atoms in total. The molecule has 2 aromatic carbocycles. The van der Waals surface area contributed by atoms with Crippen molar-refractivity contribution in [2.45, 2.75) is 4.90 Å². The number of piperazine rings is 1. The van der Waals surface area contributed by atoms with Crippen molar-refractivity contribution in [3.05, 3.63) is 84.3 Å². The Morgan fingerprint density at radius 3 is 2.26 bits per heavy atom. The fraction of sp³-hybridized carbons (Fsp3) is 0.182. The lowest BCUT2D eigenvalue weighted by molar-refractivity contribution is 0.0747. The smallest absolute Gasteiger partial charge is 0.261 e. The molecular weight excluding hydrogens is 419 g/mol. The van der Waals surface area contributed by atoms with E-state index in [-0.39, 0.29) is 22.1 Å². The van der Waals surface area contributed by atoms with Gasteiger partial charge in [-0.2, -0.15) is 0 Å². The van der Waals surface area contributed by atoms with Gasteiger partial charge in [0.05, 0.1) is 16.1 Å². The summed E-state index contributed by atoms with van der Waals surface area (Å²) in [5, 5.41) is 0. The van der Waals surface area contributed by atoms with Crippen LogP contribution in [0, 0.1) is 5.82 Å². The molecule has 1 aliphatic heterocycles. The third-order valence-corrected chi connectivity index (χ3v) is 6.45. The number of rotatable bonds is 5. The zero-order valence-corrected chi connectivity index (χ0v) is 17.4. The summed E-state index contributed by atoms with van der Waals surface area (Å²) in [6.45, 7) is 2.25. The van der Waals surface area contributed by atoms with Gasteiger partial charge in [0, 0.05) is 32.4 Å². The number of pyridine rings is 1. The van der Waals surface area contributed by atoms with Gasteiger partial charge in [-0.25, -0.2) is 17.8 Å². The summed E-state index contributed by atoms with van der Waals surface area (Å²) in [4.78, 5) is 21.2. The van der Waals surface area contributed by atoms with Crippen molar-refractivity contribution in [2.75, 3.05) is 35.8 Å². The number of nitrogens with zero attached hydrogens (tertiary/aromatic N) is 3. The van der Waals surface area contributed by atoms with Crippen molar-refractivity contribution in [2.24, 2.45) is 0 Å². The quantitative estimate of drug-likeness (QED) is 0.660. The molecule has 0 unspecified atom stereocenters. The molecule has 0 radical (unpaired) electrons. The van der Waals surface area contributed by atoms with Crippen LogP contribution in [0.2, 0.25) is 0 Å². The second-order valence-corrected chi connectivity index (χ2v) is 8.75. The maximum absolute atomic E-state index is 13.1. The largest absolute Gasteiger partial charge is 0.353 e. The van der Waals surface area contributed by atoms with Gasteiger partial charge in [-0.05, 0) is 48.5 Å². The molecule has 4 rings (SSSR count). The van der Waals surface area contributed by atoms with Crippen molar-refractivity contribution in [3.8, 4) is 0 Å². The molecule has 2 heterocycles. The van der Waals surface area contributed by atoms with Crippen molar-refractivity contribution in [3.63, 3.8) is 0 Å². The normalized spacial score (nSPS) is 14.4. The lowest BCUT2D eigenvalue weighted by Gasteiger charge is -2.35. The average molecular weight is 441 g/mol. The molecule has 1 amide bonds. The third-order valence-electron chi connectivity index (χ3n) is 5.07. The standard InChI is InChI=1S/C22H21FN4O3S/c23-17-8-10-18(11-9-17)31(29,30)25-20-6-2-1-5-19(20)22(28)27-15-13-26(14-16-27)21-7-3-4-12-24-21/h1-12,25H,13-16H2. The number of aromatic nitrogens is 1. The van der Waals surface area contributed by atoms with Crippen LogP contribution < -0.4 is 9.62 Å². The fourth-order valence-electron chi connectivity index (χ4n) is 3.43. The number of carbonyl (C=O) groups excluding carboxylic acids is 1. The van der Waals surface area contributed by atoms with Crippen LogP contribution in [-0.2, 0) is 10.0 Å². The molecule has 0 saturated carbocycles. The minimum Gasteiger partial charge on any atom is -0.353 e. The van der Waals surface area contributed by atoms with Gasteiger partial charge in [-0.1, -0.05) is 18.2 Å². The zero-order chi connectivity index (χ0) is 21.8. The molecule has 31 heavy (non-hydrogen) atoms. The Morgan fingerprint density at radius 2 is 1.58 bits per heavy atom. The number of benzene rings is 2. The number of halogens is 1. The number of amides is 1. The molecule has 1 N–H and O–H groups in total. The maximum atomic E-state index is 13.1. The molecule has 0 atom stereocenters. The second kappa shape index (κ2) is 8.73. The summed E-state index contributed by atoms with van der Waals surface area (Å²) in [6.07, 6.45) is 1.73. The molecule has 160 valence electrons. The van der Waals surface area contributed by atoms with Crippen molar-refractivity contribution < 1.29 is 17.6 Å². The highest BCUT2D eigenvalue weighted by atomic mass is 32.2. The van der Waals surface area contributed by atoms with Gasteiger partial charge < -0.3 is 9.80 Å². The summed E-state index contributed by atoms with van der Waals surface area (Å²) in [5.41, 5.74) is 0.448. The Bertz CT molecular complexity index is 1160. The van der Waals surface area contributed by atoms with Gasteiger partial charge in [0.1, 0.15) is 11.6 Å². The Hall–Kier alpha value is -3.46. The first-order valence-electron chi connectivity index (χ1n) is 9.77. The van der Waals surface area contributed by atoms with Gasteiger partial charge >= 0.3 is 0 Å². The topological polar surface area (TPSA) is 82.6 Å². The summed E-state index contributed by atoms with van der Waals surface area (Å²) in [6, 6.07) is 16.7. The van der Waals surface area contributed by atoms with E-state index in [2.05, 4.69) is 14.6 Å². The predicted octanol–water partition coefficient (Wildman–Crippen LogP) is 2.98. The molecule has 0 spiro atoms. The number of carbonyl (C=O) groups is 1. The fourth-order valence-corrected chi connectivity index (χ4v) is 4.51. The van der Waals surface area contributed by atoms with Crippen LogP contribution in [-0.4, -0.2) is 50.4 Å². The summed E-state index contributed by atoms with van der Waals surface area (Å²) in [7, 11) is -3.97. The highest BCUT2D eigenvalue weighted by Crippen LogP contribution is 2.23. The number of hydrogen-bond acceptors (Lipinski definition) is 5. The first kappa shape index (κ1) is 20.8. The van der Waals surface area contributed by atoms with Crippen LogP contribution >= 0.6 is 0 Å². The van der Waals surface area contributed by atoms with E-state index >= 15 is 0 Å². The second-order valence-electron chi connectivity index (χ2n) is 7.07. The lowest BCUT2D eigenvalue weighted by Crippen LogP contribution is -2.49. The molecule has 0 aliphatic carbocycles. The monoisotopic (exact) mass is 440 g/mol. The van der Waals surface area contributed by atoms with E-state index in [1.165, 1.54) is 12.1 Å². The first-order valence-corrected chi connectivity index (χ1v) is 11.2. The van der Waals surface area contributed by atoms with Gasteiger partial charge in [-0.15, -0.1) is 0 Å². The van der Waals surface area contributed by atoms with E-state index < -0.39 is 15.8 Å². The van der Waals surface area contributed by atoms with Gasteiger partial charge in [0.2, 0.25) is 0 Å². The van der Waals surface area contributed by atoms with Crippen molar-refractivity contribution >= 4 is 27.4 Å². The van der Waals surface area contributed by atoms with E-state index in [1.807, 2.05) is 18.2 Å². The Balaban J connectivity index is 1.49. The van der Waals surface area contributed by atoms with E-state index in [4.69, 9.17) is 0 Å². The molecule has 3 aromatic rings. The van der Waals surface area contributed by atoms with E-state index in [9.17, 15) is 17.6 Å². The minimum atomic E-state index is -3.97. The van der Waals surface area contributed by atoms with Crippen LogP contribution in [0.25, 0.3) is 0 Å². The molecule has 1 aromatic heterocycles. The SMILES string of the molecule is O=C(c1ccccc1NS(=O)(=O)c1ccc(F)cc1)N1CCN(c2ccccn2)CC1. The van der Waals surface area contributed by atoms with Crippen LogP contribution in [0.1, 0.15) is 10.4 Å². The van der Waals surface area contributed by atoms with Crippen molar-refractivity contribution in [1.82, 2.24) is 9.88 Å². The molecular formula is C22H21FN4O3S. The summed E-state index contributed by atoms with van der Waals surface area (Å²) in [5.74, 6) is 0.0829. The van der Waals surface area contributed by atoms with E-state index in [1.54, 1.807) is 35.4 Å². The number of nitrogens with one attached hydrogen (secondary N) is 1. The average Bonchev–Trinajstić information content (AvgIpc) is 2.80. The third kappa shape index (κ3) is 4.66. The zero-order valence-electron chi connectivity index (χ0n) is 16.6.